The summed E-state index contributed by atoms with van der Waals surface area (Å²) in [7, 11) is 0. The summed E-state index contributed by atoms with van der Waals surface area (Å²) in [5, 5.41) is 10.0. The number of hydrogen-bond acceptors (Lipinski definition) is 1. The van der Waals surface area contributed by atoms with Crippen LogP contribution in [0.3, 0.4) is 0 Å². The summed E-state index contributed by atoms with van der Waals surface area (Å²) < 4.78 is 0. The summed E-state index contributed by atoms with van der Waals surface area (Å²) in [6.07, 6.45) is 6.64. The lowest BCUT2D eigenvalue weighted by atomic mass is 9.75. The van der Waals surface area contributed by atoms with Crippen molar-refractivity contribution < 1.29 is 9.90 Å². The molecule has 1 aromatic rings. The van der Waals surface area contributed by atoms with Crippen LogP contribution in [0.25, 0.3) is 0 Å². The minimum Gasteiger partial charge on any atom is -0.481 e. The molecule has 102 valence electrons. The number of carboxylic acid groups (broad SMARTS) is 1. The number of carbonyl (C=O) groups is 1. The maximum atomic E-state index is 11.2. The van der Waals surface area contributed by atoms with Crippen molar-refractivity contribution in [2.45, 2.75) is 43.9 Å². The van der Waals surface area contributed by atoms with Crippen LogP contribution in [0.2, 0.25) is 5.02 Å². The third-order valence-electron chi connectivity index (χ3n) is 4.10. The first kappa shape index (κ1) is 14.1. The van der Waals surface area contributed by atoms with E-state index in [2.05, 4.69) is 6.58 Å². The van der Waals surface area contributed by atoms with Crippen molar-refractivity contribution >= 4 is 17.6 Å². The van der Waals surface area contributed by atoms with E-state index < -0.39 is 5.97 Å². The molecule has 0 saturated carbocycles. The Hall–Kier alpha value is -1.28. The van der Waals surface area contributed by atoms with Gasteiger partial charge in [0.05, 0.1) is 6.42 Å². The van der Waals surface area contributed by atoms with Gasteiger partial charge in [-0.1, -0.05) is 29.8 Å². The number of unbranched alkanes of at least 4 members (excludes halogenated alkanes) is 1. The van der Waals surface area contributed by atoms with E-state index in [-0.39, 0.29) is 11.8 Å². The fourth-order valence-corrected chi connectivity index (χ4v) is 3.48. The van der Waals surface area contributed by atoms with E-state index in [1.807, 2.05) is 24.3 Å². The van der Waals surface area contributed by atoms with Crippen LogP contribution in [-0.2, 0) is 16.6 Å². The minimum atomic E-state index is -0.730. The first-order valence-electron chi connectivity index (χ1n) is 6.69. The summed E-state index contributed by atoms with van der Waals surface area (Å²) in [4.78, 5) is 11.2. The van der Waals surface area contributed by atoms with Crippen LogP contribution >= 0.6 is 11.6 Å². The lowest BCUT2D eigenvalue weighted by molar-refractivity contribution is -0.138. The third-order valence-corrected chi connectivity index (χ3v) is 4.45. The van der Waals surface area contributed by atoms with Gasteiger partial charge in [0.15, 0.2) is 0 Å². The maximum absolute atomic E-state index is 11.2. The maximum Gasteiger partial charge on any atom is 0.304 e. The highest BCUT2D eigenvalue weighted by molar-refractivity contribution is 6.31. The number of halogens is 1. The standard InChI is InChI=1S/C16H19ClO2/c1-2-3-4-9-16(11-15(18)19)10-8-12-13(16)6-5-7-14(12)17/h2,5-7H,1,3-4,8-11H2,(H,18,19)/t16-/m1/s1. The van der Waals surface area contributed by atoms with Crippen LogP contribution in [0.4, 0.5) is 0 Å². The molecule has 0 fully saturated rings. The van der Waals surface area contributed by atoms with Gasteiger partial charge in [0.25, 0.3) is 0 Å². The zero-order valence-corrected chi connectivity index (χ0v) is 11.7. The highest BCUT2D eigenvalue weighted by Crippen LogP contribution is 2.47. The molecule has 0 aliphatic heterocycles. The molecule has 1 aliphatic rings. The van der Waals surface area contributed by atoms with Crippen LogP contribution < -0.4 is 0 Å². The zero-order chi connectivity index (χ0) is 13.9. The number of hydrogen-bond donors (Lipinski definition) is 1. The molecule has 0 saturated heterocycles. The summed E-state index contributed by atoms with van der Waals surface area (Å²) in [6, 6.07) is 5.86. The second kappa shape index (κ2) is 5.79. The minimum absolute atomic E-state index is 0.192. The Bertz CT molecular complexity index is 496. The topological polar surface area (TPSA) is 37.3 Å². The normalized spacial score (nSPS) is 21.1. The molecule has 2 rings (SSSR count). The summed E-state index contributed by atoms with van der Waals surface area (Å²) >= 11 is 6.23. The largest absolute Gasteiger partial charge is 0.481 e. The smallest absolute Gasteiger partial charge is 0.304 e. The summed E-state index contributed by atoms with van der Waals surface area (Å²) in [6.45, 7) is 3.73. The van der Waals surface area contributed by atoms with Crippen LogP contribution in [0, 0.1) is 0 Å². The molecule has 0 radical (unpaired) electrons. The number of carboxylic acids is 1. The fourth-order valence-electron chi connectivity index (χ4n) is 3.21. The van der Waals surface area contributed by atoms with E-state index in [0.29, 0.717) is 0 Å². The molecule has 0 unspecified atom stereocenters. The predicted molar refractivity (Wildman–Crippen MR) is 77.8 cm³/mol. The Morgan fingerprint density at radius 2 is 2.32 bits per heavy atom. The van der Waals surface area contributed by atoms with Gasteiger partial charge in [0.1, 0.15) is 0 Å². The number of aliphatic carboxylic acids is 1. The van der Waals surface area contributed by atoms with Gasteiger partial charge in [-0.05, 0) is 49.3 Å². The van der Waals surface area contributed by atoms with Crippen molar-refractivity contribution in [2.75, 3.05) is 0 Å². The molecule has 19 heavy (non-hydrogen) atoms. The molecular formula is C16H19ClO2. The number of fused-ring (bicyclic) bond motifs is 1. The van der Waals surface area contributed by atoms with Crippen molar-refractivity contribution in [3.8, 4) is 0 Å². The van der Waals surface area contributed by atoms with Crippen LogP contribution in [0.1, 0.15) is 43.2 Å². The van der Waals surface area contributed by atoms with Crippen LogP contribution in [0.5, 0.6) is 0 Å². The second-order valence-corrected chi connectivity index (χ2v) is 5.70. The Morgan fingerprint density at radius 3 is 3.00 bits per heavy atom. The van der Waals surface area contributed by atoms with Crippen molar-refractivity contribution in [2.24, 2.45) is 0 Å². The summed E-state index contributed by atoms with van der Waals surface area (Å²) in [5.41, 5.74) is 2.05. The molecular weight excluding hydrogens is 260 g/mol. The number of benzene rings is 1. The van der Waals surface area contributed by atoms with Gasteiger partial charge in [0, 0.05) is 10.4 Å². The Kier molecular flexibility index (Phi) is 4.31. The van der Waals surface area contributed by atoms with E-state index in [9.17, 15) is 9.90 Å². The van der Waals surface area contributed by atoms with Crippen LogP contribution in [0.15, 0.2) is 30.9 Å². The second-order valence-electron chi connectivity index (χ2n) is 5.30. The molecule has 0 spiro atoms. The zero-order valence-electron chi connectivity index (χ0n) is 11.0. The molecule has 0 amide bonds. The van der Waals surface area contributed by atoms with Crippen molar-refractivity contribution in [3.05, 3.63) is 47.0 Å². The van der Waals surface area contributed by atoms with Gasteiger partial charge in [0.2, 0.25) is 0 Å². The Morgan fingerprint density at radius 1 is 1.53 bits per heavy atom. The quantitative estimate of drug-likeness (QED) is 0.620. The fraction of sp³-hybridized carbons (Fsp3) is 0.438. The van der Waals surface area contributed by atoms with E-state index in [1.54, 1.807) is 0 Å². The SMILES string of the molecule is C=CCCC[C@]1(CC(=O)O)CCc2c(Cl)cccc21. The Labute approximate surface area is 119 Å². The molecule has 0 aromatic heterocycles. The van der Waals surface area contributed by atoms with E-state index in [1.165, 1.54) is 0 Å². The Balaban J connectivity index is 2.33. The first-order chi connectivity index (χ1) is 9.09. The van der Waals surface area contributed by atoms with Gasteiger partial charge in [-0.2, -0.15) is 0 Å². The molecule has 1 atom stereocenters. The highest BCUT2D eigenvalue weighted by Gasteiger charge is 2.40. The molecule has 3 heteroatoms. The van der Waals surface area contributed by atoms with Gasteiger partial charge in [-0.25, -0.2) is 0 Å². The van der Waals surface area contributed by atoms with Crippen molar-refractivity contribution in [1.29, 1.82) is 0 Å². The molecule has 1 aliphatic carbocycles. The average molecular weight is 279 g/mol. The van der Waals surface area contributed by atoms with Gasteiger partial charge >= 0.3 is 5.97 Å². The summed E-state index contributed by atoms with van der Waals surface area (Å²) in [5.74, 6) is -0.730. The lowest BCUT2D eigenvalue weighted by Gasteiger charge is -2.29. The molecule has 0 heterocycles. The lowest BCUT2D eigenvalue weighted by Crippen LogP contribution is -2.26. The first-order valence-corrected chi connectivity index (χ1v) is 7.07. The van der Waals surface area contributed by atoms with E-state index in [4.69, 9.17) is 11.6 Å². The highest BCUT2D eigenvalue weighted by atomic mass is 35.5. The number of rotatable bonds is 6. The van der Waals surface area contributed by atoms with E-state index >= 15 is 0 Å². The van der Waals surface area contributed by atoms with E-state index in [0.717, 1.165) is 48.3 Å². The molecule has 1 N–H and O–H groups in total. The third kappa shape index (κ3) is 2.84. The molecule has 2 nitrogen and oxygen atoms in total. The number of allylic oxidation sites excluding steroid dienone is 1. The predicted octanol–water partition coefficient (Wildman–Crippen LogP) is 4.36. The van der Waals surface area contributed by atoms with Gasteiger partial charge in [-0.15, -0.1) is 6.58 Å². The molecule has 0 bridgehead atoms. The van der Waals surface area contributed by atoms with Crippen molar-refractivity contribution in [3.63, 3.8) is 0 Å². The van der Waals surface area contributed by atoms with Gasteiger partial charge < -0.3 is 5.11 Å². The van der Waals surface area contributed by atoms with Crippen molar-refractivity contribution in [1.82, 2.24) is 0 Å². The monoisotopic (exact) mass is 278 g/mol. The van der Waals surface area contributed by atoms with Gasteiger partial charge in [-0.3, -0.25) is 4.79 Å². The van der Waals surface area contributed by atoms with Crippen LogP contribution in [-0.4, -0.2) is 11.1 Å². The molecule has 1 aromatic carbocycles. The average Bonchev–Trinajstić information content (AvgIpc) is 2.70.